The van der Waals surface area contributed by atoms with Gasteiger partial charge in [-0.2, -0.15) is 0 Å². The van der Waals surface area contributed by atoms with Crippen molar-refractivity contribution in [1.29, 1.82) is 0 Å². The van der Waals surface area contributed by atoms with Crippen LogP contribution in [0.25, 0.3) is 10.8 Å². The fourth-order valence-corrected chi connectivity index (χ4v) is 2.39. The van der Waals surface area contributed by atoms with Crippen molar-refractivity contribution in [2.45, 2.75) is 32.6 Å². The standard InChI is InChI=1S/C19H21NO3/c1-14(8-3-2-4-13-18(21)22)19(23)20-17-12-7-10-15-9-5-6-11-16(15)17/h5-12H,2-4,13H2,1H3,(H,20,23)(H,21,22). The van der Waals surface area contributed by atoms with Crippen LogP contribution in [-0.2, 0) is 9.59 Å². The molecule has 1 amide bonds. The third kappa shape index (κ3) is 4.95. The summed E-state index contributed by atoms with van der Waals surface area (Å²) in [5.41, 5.74) is 1.44. The Morgan fingerprint density at radius 2 is 1.83 bits per heavy atom. The largest absolute Gasteiger partial charge is 0.481 e. The number of rotatable bonds is 7. The van der Waals surface area contributed by atoms with Crippen LogP contribution in [-0.4, -0.2) is 17.0 Å². The zero-order valence-corrected chi connectivity index (χ0v) is 13.2. The Hall–Kier alpha value is -2.62. The first kappa shape index (κ1) is 16.7. The normalized spacial score (nSPS) is 11.4. The number of carbonyl (C=O) groups excluding carboxylic acids is 1. The number of carbonyl (C=O) groups is 2. The van der Waals surface area contributed by atoms with Crippen LogP contribution in [0.1, 0.15) is 32.6 Å². The van der Waals surface area contributed by atoms with Crippen molar-refractivity contribution in [3.63, 3.8) is 0 Å². The highest BCUT2D eigenvalue weighted by Crippen LogP contribution is 2.23. The third-order valence-electron chi connectivity index (χ3n) is 3.69. The van der Waals surface area contributed by atoms with Gasteiger partial charge in [0, 0.05) is 23.1 Å². The van der Waals surface area contributed by atoms with E-state index < -0.39 is 5.97 Å². The van der Waals surface area contributed by atoms with E-state index in [0.29, 0.717) is 18.4 Å². The third-order valence-corrected chi connectivity index (χ3v) is 3.69. The molecule has 4 heteroatoms. The number of carboxylic acid groups (broad SMARTS) is 1. The first-order valence-electron chi connectivity index (χ1n) is 7.75. The minimum atomic E-state index is -0.778. The lowest BCUT2D eigenvalue weighted by molar-refractivity contribution is -0.137. The van der Waals surface area contributed by atoms with Crippen LogP contribution >= 0.6 is 0 Å². The van der Waals surface area contributed by atoms with Gasteiger partial charge in [-0.15, -0.1) is 0 Å². The molecular weight excluding hydrogens is 290 g/mol. The molecule has 0 saturated heterocycles. The highest BCUT2D eigenvalue weighted by Gasteiger charge is 2.07. The molecule has 0 aliphatic rings. The molecular formula is C19H21NO3. The molecule has 0 heterocycles. The number of unbranched alkanes of at least 4 members (excludes halogenated alkanes) is 2. The predicted molar refractivity (Wildman–Crippen MR) is 92.4 cm³/mol. The summed E-state index contributed by atoms with van der Waals surface area (Å²) in [6.07, 6.45) is 4.15. The van der Waals surface area contributed by atoms with E-state index in [1.165, 1.54) is 0 Å². The minimum Gasteiger partial charge on any atom is -0.481 e. The quantitative estimate of drug-likeness (QED) is 0.589. The molecule has 2 aromatic rings. The number of nitrogens with one attached hydrogen (secondary N) is 1. The zero-order valence-electron chi connectivity index (χ0n) is 13.2. The highest BCUT2D eigenvalue weighted by atomic mass is 16.4. The van der Waals surface area contributed by atoms with E-state index in [4.69, 9.17) is 5.11 Å². The van der Waals surface area contributed by atoms with Crippen molar-refractivity contribution in [3.05, 3.63) is 54.1 Å². The second kappa shape index (κ2) is 8.13. The maximum atomic E-state index is 12.3. The summed E-state index contributed by atoms with van der Waals surface area (Å²) in [7, 11) is 0. The van der Waals surface area contributed by atoms with E-state index in [-0.39, 0.29) is 12.3 Å². The van der Waals surface area contributed by atoms with Crippen LogP contribution in [0, 0.1) is 0 Å². The van der Waals surface area contributed by atoms with E-state index in [2.05, 4.69) is 5.32 Å². The summed E-state index contributed by atoms with van der Waals surface area (Å²) in [6.45, 7) is 1.78. The SMILES string of the molecule is CC(=CCCCCC(=O)O)C(=O)Nc1cccc2ccccc12. The van der Waals surface area contributed by atoms with Gasteiger partial charge in [0.1, 0.15) is 0 Å². The van der Waals surface area contributed by atoms with Crippen molar-refractivity contribution < 1.29 is 14.7 Å². The number of hydrogen-bond donors (Lipinski definition) is 2. The van der Waals surface area contributed by atoms with Crippen LogP contribution < -0.4 is 5.32 Å². The monoisotopic (exact) mass is 311 g/mol. The van der Waals surface area contributed by atoms with Gasteiger partial charge in [0.05, 0.1) is 0 Å². The Balaban J connectivity index is 1.96. The molecule has 0 spiro atoms. The number of amides is 1. The maximum absolute atomic E-state index is 12.3. The average molecular weight is 311 g/mol. The first-order valence-corrected chi connectivity index (χ1v) is 7.75. The molecule has 0 bridgehead atoms. The van der Waals surface area contributed by atoms with Gasteiger partial charge in [-0.1, -0.05) is 42.5 Å². The summed E-state index contributed by atoms with van der Waals surface area (Å²) < 4.78 is 0. The smallest absolute Gasteiger partial charge is 0.303 e. The lowest BCUT2D eigenvalue weighted by Crippen LogP contribution is -2.12. The Bertz CT molecular complexity index is 729. The summed E-state index contributed by atoms with van der Waals surface area (Å²) in [4.78, 5) is 22.7. The van der Waals surface area contributed by atoms with E-state index in [1.807, 2.05) is 48.5 Å². The van der Waals surface area contributed by atoms with Crippen LogP contribution in [0.3, 0.4) is 0 Å². The Kier molecular flexibility index (Phi) is 5.92. The van der Waals surface area contributed by atoms with Gasteiger partial charge in [0.25, 0.3) is 5.91 Å². The van der Waals surface area contributed by atoms with Gasteiger partial charge >= 0.3 is 5.97 Å². The van der Waals surface area contributed by atoms with Crippen LogP contribution in [0.5, 0.6) is 0 Å². The summed E-state index contributed by atoms with van der Waals surface area (Å²) >= 11 is 0. The van der Waals surface area contributed by atoms with Crippen molar-refractivity contribution in [2.75, 3.05) is 5.32 Å². The number of aliphatic carboxylic acids is 1. The van der Waals surface area contributed by atoms with Gasteiger partial charge in [0.2, 0.25) is 0 Å². The molecule has 120 valence electrons. The fraction of sp³-hybridized carbons (Fsp3) is 0.263. The molecule has 0 aliphatic carbocycles. The summed E-state index contributed by atoms with van der Waals surface area (Å²) in [6, 6.07) is 13.7. The van der Waals surface area contributed by atoms with Gasteiger partial charge in [0.15, 0.2) is 0 Å². The Morgan fingerprint density at radius 1 is 1.09 bits per heavy atom. The number of allylic oxidation sites excluding steroid dienone is 1. The molecule has 0 unspecified atom stereocenters. The number of fused-ring (bicyclic) bond motifs is 1. The van der Waals surface area contributed by atoms with E-state index >= 15 is 0 Å². The molecule has 0 aliphatic heterocycles. The topological polar surface area (TPSA) is 66.4 Å². The van der Waals surface area contributed by atoms with Crippen molar-refractivity contribution in [3.8, 4) is 0 Å². The number of benzene rings is 2. The molecule has 2 aromatic carbocycles. The number of anilines is 1. The summed E-state index contributed by atoms with van der Waals surface area (Å²) in [5.74, 6) is -0.904. The molecule has 0 aromatic heterocycles. The highest BCUT2D eigenvalue weighted by molar-refractivity contribution is 6.08. The minimum absolute atomic E-state index is 0.125. The molecule has 4 nitrogen and oxygen atoms in total. The molecule has 23 heavy (non-hydrogen) atoms. The average Bonchev–Trinajstić information content (AvgIpc) is 2.54. The maximum Gasteiger partial charge on any atom is 0.303 e. The second-order valence-corrected chi connectivity index (χ2v) is 5.51. The molecule has 0 atom stereocenters. The number of hydrogen-bond acceptors (Lipinski definition) is 2. The molecule has 0 fully saturated rings. The molecule has 0 saturated carbocycles. The molecule has 2 N–H and O–H groups in total. The fourth-order valence-electron chi connectivity index (χ4n) is 2.39. The van der Waals surface area contributed by atoms with Crippen molar-refractivity contribution in [2.24, 2.45) is 0 Å². The Morgan fingerprint density at radius 3 is 2.61 bits per heavy atom. The lowest BCUT2D eigenvalue weighted by Gasteiger charge is -2.09. The second-order valence-electron chi connectivity index (χ2n) is 5.51. The molecule has 0 radical (unpaired) electrons. The van der Waals surface area contributed by atoms with Crippen LogP contribution in [0.2, 0.25) is 0 Å². The van der Waals surface area contributed by atoms with Gasteiger partial charge < -0.3 is 10.4 Å². The van der Waals surface area contributed by atoms with E-state index in [0.717, 1.165) is 22.9 Å². The van der Waals surface area contributed by atoms with Crippen LogP contribution in [0.4, 0.5) is 5.69 Å². The first-order chi connectivity index (χ1) is 11.1. The number of carboxylic acids is 1. The summed E-state index contributed by atoms with van der Waals surface area (Å²) in [5, 5.41) is 13.6. The van der Waals surface area contributed by atoms with Crippen molar-refractivity contribution >= 4 is 28.3 Å². The van der Waals surface area contributed by atoms with Crippen molar-refractivity contribution in [1.82, 2.24) is 0 Å². The van der Waals surface area contributed by atoms with Gasteiger partial charge in [-0.05, 0) is 37.6 Å². The predicted octanol–water partition coefficient (Wildman–Crippen LogP) is 4.37. The van der Waals surface area contributed by atoms with E-state index in [9.17, 15) is 9.59 Å². The Labute approximate surface area is 135 Å². The lowest BCUT2D eigenvalue weighted by atomic mass is 10.1. The zero-order chi connectivity index (χ0) is 16.7. The van der Waals surface area contributed by atoms with Crippen LogP contribution in [0.15, 0.2) is 54.1 Å². The van der Waals surface area contributed by atoms with E-state index in [1.54, 1.807) is 6.92 Å². The molecule has 2 rings (SSSR count). The van der Waals surface area contributed by atoms with Gasteiger partial charge in [-0.25, -0.2) is 0 Å². The van der Waals surface area contributed by atoms with Gasteiger partial charge in [-0.3, -0.25) is 9.59 Å².